The lowest BCUT2D eigenvalue weighted by atomic mass is 9.96. The van der Waals surface area contributed by atoms with E-state index < -0.39 is 0 Å². The number of likely N-dealkylation sites (N-methyl/N-ethyl adjacent to an activating group) is 1. The van der Waals surface area contributed by atoms with Crippen molar-refractivity contribution in [3.05, 3.63) is 58.0 Å². The van der Waals surface area contributed by atoms with Gasteiger partial charge in [0, 0.05) is 27.0 Å². The van der Waals surface area contributed by atoms with E-state index >= 15 is 0 Å². The predicted octanol–water partition coefficient (Wildman–Crippen LogP) is 5.35. The summed E-state index contributed by atoms with van der Waals surface area (Å²) in [6.45, 7) is 0.950. The molecule has 0 bridgehead atoms. The van der Waals surface area contributed by atoms with Gasteiger partial charge in [-0.25, -0.2) is 0 Å². The highest BCUT2D eigenvalue weighted by Gasteiger charge is 2.16. The van der Waals surface area contributed by atoms with Crippen LogP contribution in [0.15, 0.2) is 52.4 Å². The number of phenols is 1. The van der Waals surface area contributed by atoms with Gasteiger partial charge in [0.25, 0.3) is 0 Å². The van der Waals surface area contributed by atoms with Gasteiger partial charge in [-0.2, -0.15) is 0 Å². The van der Waals surface area contributed by atoms with Crippen molar-refractivity contribution in [3.8, 4) is 16.9 Å². The molecule has 0 aliphatic carbocycles. The summed E-state index contributed by atoms with van der Waals surface area (Å²) in [6.07, 6.45) is 2.88. The summed E-state index contributed by atoms with van der Waals surface area (Å²) in [6, 6.07) is 12.2. The average Bonchev–Trinajstić information content (AvgIpc) is 3.10. The fraction of sp³-hybridized carbons (Fsp3) is 0.150. The molecule has 2 heterocycles. The van der Waals surface area contributed by atoms with Gasteiger partial charge in [-0.3, -0.25) is 4.98 Å². The minimum atomic E-state index is 0.267. The Hall–Kier alpha value is -1.95. The van der Waals surface area contributed by atoms with Gasteiger partial charge in [0.05, 0.1) is 10.2 Å². The van der Waals surface area contributed by atoms with Crippen LogP contribution in [-0.2, 0) is 6.42 Å². The summed E-state index contributed by atoms with van der Waals surface area (Å²) in [5, 5.41) is 18.0. The summed E-state index contributed by atoms with van der Waals surface area (Å²) in [5.41, 5.74) is 3.99. The van der Waals surface area contributed by atoms with Crippen LogP contribution in [-0.4, -0.2) is 23.7 Å². The second-order valence-electron chi connectivity index (χ2n) is 5.98. The van der Waals surface area contributed by atoms with Crippen LogP contribution in [0.1, 0.15) is 5.56 Å². The number of thiophene rings is 1. The third kappa shape index (κ3) is 2.92. The molecule has 0 aliphatic heterocycles. The summed E-state index contributed by atoms with van der Waals surface area (Å²) in [7, 11) is 1.96. The molecule has 4 rings (SSSR count). The number of benzene rings is 2. The molecule has 0 amide bonds. The number of aromatic hydroxyl groups is 1. The van der Waals surface area contributed by atoms with Gasteiger partial charge < -0.3 is 10.4 Å². The first-order chi connectivity index (χ1) is 12.2. The topological polar surface area (TPSA) is 45.1 Å². The van der Waals surface area contributed by atoms with E-state index in [4.69, 9.17) is 0 Å². The zero-order valence-electron chi connectivity index (χ0n) is 13.7. The number of rotatable bonds is 4. The first kappa shape index (κ1) is 16.5. The molecule has 0 radical (unpaired) electrons. The number of nitrogens with zero attached hydrogens (tertiary/aromatic N) is 1. The Morgan fingerprint density at radius 3 is 2.76 bits per heavy atom. The third-order valence-corrected chi connectivity index (χ3v) is 5.87. The Morgan fingerprint density at radius 2 is 2.00 bits per heavy atom. The number of hydrogen-bond donors (Lipinski definition) is 2. The van der Waals surface area contributed by atoms with Crippen LogP contribution in [0.2, 0.25) is 0 Å². The maximum absolute atomic E-state index is 10.7. The van der Waals surface area contributed by atoms with Crippen LogP contribution in [0.3, 0.4) is 0 Å². The highest BCUT2D eigenvalue weighted by atomic mass is 79.9. The Balaban J connectivity index is 1.96. The number of aromatic nitrogens is 1. The van der Waals surface area contributed by atoms with E-state index in [1.54, 1.807) is 17.4 Å². The maximum atomic E-state index is 10.7. The molecular formula is C20H17BrN2OS. The van der Waals surface area contributed by atoms with Crippen LogP contribution in [0.4, 0.5) is 0 Å². The first-order valence-electron chi connectivity index (χ1n) is 8.10. The number of halogens is 1. The SMILES string of the molecule is CNCCc1ccc(-c2c(O)cc(Br)c3ncc4sccc4c23)cc1. The lowest BCUT2D eigenvalue weighted by molar-refractivity contribution is 0.478. The van der Waals surface area contributed by atoms with E-state index in [2.05, 4.69) is 61.9 Å². The van der Waals surface area contributed by atoms with Crippen molar-refractivity contribution in [3.63, 3.8) is 0 Å². The van der Waals surface area contributed by atoms with E-state index in [0.29, 0.717) is 0 Å². The van der Waals surface area contributed by atoms with Gasteiger partial charge in [0.2, 0.25) is 0 Å². The largest absolute Gasteiger partial charge is 0.507 e. The van der Waals surface area contributed by atoms with Gasteiger partial charge in [-0.05, 0) is 64.6 Å². The monoisotopic (exact) mass is 412 g/mol. The minimum Gasteiger partial charge on any atom is -0.507 e. The molecule has 0 atom stereocenters. The smallest absolute Gasteiger partial charge is 0.125 e. The Kier molecular flexibility index (Phi) is 4.46. The summed E-state index contributed by atoms with van der Waals surface area (Å²) < 4.78 is 1.93. The second-order valence-corrected chi connectivity index (χ2v) is 7.79. The van der Waals surface area contributed by atoms with Crippen LogP contribution in [0.25, 0.3) is 32.1 Å². The highest BCUT2D eigenvalue weighted by molar-refractivity contribution is 9.10. The van der Waals surface area contributed by atoms with Crippen LogP contribution >= 0.6 is 27.3 Å². The van der Waals surface area contributed by atoms with Crippen molar-refractivity contribution >= 4 is 48.3 Å². The number of pyridine rings is 1. The molecule has 2 N–H and O–H groups in total. The van der Waals surface area contributed by atoms with Gasteiger partial charge in [0.15, 0.2) is 0 Å². The Bertz CT molecular complexity index is 1060. The van der Waals surface area contributed by atoms with Crippen molar-refractivity contribution in [1.82, 2.24) is 10.3 Å². The van der Waals surface area contributed by atoms with E-state index in [1.807, 2.05) is 13.2 Å². The Labute approximate surface area is 158 Å². The van der Waals surface area contributed by atoms with Crippen molar-refractivity contribution in [1.29, 1.82) is 0 Å². The number of fused-ring (bicyclic) bond motifs is 3. The molecule has 2 aromatic heterocycles. The van der Waals surface area contributed by atoms with Crippen molar-refractivity contribution in [2.75, 3.05) is 13.6 Å². The summed E-state index contributed by atoms with van der Waals surface area (Å²) >= 11 is 5.21. The van der Waals surface area contributed by atoms with E-state index in [1.165, 1.54) is 5.56 Å². The van der Waals surface area contributed by atoms with Crippen LogP contribution in [0.5, 0.6) is 5.75 Å². The lowest BCUT2D eigenvalue weighted by Gasteiger charge is -2.12. The molecule has 25 heavy (non-hydrogen) atoms. The molecule has 0 spiro atoms. The third-order valence-electron chi connectivity index (χ3n) is 4.41. The molecule has 3 nitrogen and oxygen atoms in total. The molecular weight excluding hydrogens is 396 g/mol. The number of nitrogens with one attached hydrogen (secondary N) is 1. The standard InChI is InChI=1S/C20H17BrN2OS/c1-22-8-6-12-2-4-13(5-3-12)18-16(24)10-15(21)20-19(18)14-7-9-25-17(14)11-23-20/h2-5,7,9-11,22,24H,6,8H2,1H3. The number of hydrogen-bond acceptors (Lipinski definition) is 4. The number of phenolic OH excluding ortho intramolecular Hbond substituents is 1. The first-order valence-corrected chi connectivity index (χ1v) is 9.77. The molecule has 0 unspecified atom stereocenters. The fourth-order valence-electron chi connectivity index (χ4n) is 3.17. The van der Waals surface area contributed by atoms with Crippen LogP contribution in [0, 0.1) is 0 Å². The molecule has 126 valence electrons. The van der Waals surface area contributed by atoms with Gasteiger partial charge in [-0.1, -0.05) is 24.3 Å². The molecule has 0 saturated heterocycles. The molecule has 4 aromatic rings. The predicted molar refractivity (Wildman–Crippen MR) is 110 cm³/mol. The molecule has 5 heteroatoms. The Morgan fingerprint density at radius 1 is 1.20 bits per heavy atom. The van der Waals surface area contributed by atoms with Crippen LogP contribution < -0.4 is 5.32 Å². The van der Waals surface area contributed by atoms with Crippen molar-refractivity contribution in [2.24, 2.45) is 0 Å². The van der Waals surface area contributed by atoms with Gasteiger partial charge in [-0.15, -0.1) is 11.3 Å². The maximum Gasteiger partial charge on any atom is 0.125 e. The van der Waals surface area contributed by atoms with Gasteiger partial charge in [0.1, 0.15) is 5.75 Å². The quantitative estimate of drug-likeness (QED) is 0.474. The lowest BCUT2D eigenvalue weighted by Crippen LogP contribution is -2.10. The molecule has 0 aliphatic rings. The minimum absolute atomic E-state index is 0.267. The van der Waals surface area contributed by atoms with Crippen molar-refractivity contribution < 1.29 is 5.11 Å². The highest BCUT2D eigenvalue weighted by Crippen LogP contribution is 2.43. The zero-order valence-corrected chi connectivity index (χ0v) is 16.1. The summed E-state index contributed by atoms with van der Waals surface area (Å²) in [5.74, 6) is 0.267. The average molecular weight is 413 g/mol. The second kappa shape index (κ2) is 6.75. The zero-order chi connectivity index (χ0) is 17.4. The normalized spacial score (nSPS) is 11.4. The van der Waals surface area contributed by atoms with Gasteiger partial charge >= 0.3 is 0 Å². The fourth-order valence-corrected chi connectivity index (χ4v) is 4.44. The van der Waals surface area contributed by atoms with E-state index in [-0.39, 0.29) is 5.75 Å². The summed E-state index contributed by atoms with van der Waals surface area (Å²) in [4.78, 5) is 4.61. The molecule has 0 fully saturated rings. The van der Waals surface area contributed by atoms with E-state index in [0.717, 1.165) is 49.6 Å². The molecule has 2 aromatic carbocycles. The molecule has 0 saturated carbocycles. The van der Waals surface area contributed by atoms with E-state index in [9.17, 15) is 5.11 Å². The van der Waals surface area contributed by atoms with Crippen molar-refractivity contribution in [2.45, 2.75) is 6.42 Å².